The minimum absolute atomic E-state index is 0.536. The lowest BCUT2D eigenvalue weighted by molar-refractivity contribution is 0.295. The molecule has 0 fully saturated rings. The first kappa shape index (κ1) is 11.2. The van der Waals surface area contributed by atoms with Crippen molar-refractivity contribution >= 4 is 15.9 Å². The second-order valence-electron chi connectivity index (χ2n) is 3.69. The largest absolute Gasteiger partial charge is 0.487 e. The maximum atomic E-state index is 5.75. The lowest BCUT2D eigenvalue weighted by Gasteiger charge is -2.09. The minimum atomic E-state index is 0.536. The van der Waals surface area contributed by atoms with Crippen LogP contribution in [0.5, 0.6) is 5.75 Å². The number of aromatic nitrogens is 2. The van der Waals surface area contributed by atoms with E-state index in [1.54, 1.807) is 6.33 Å². The van der Waals surface area contributed by atoms with E-state index >= 15 is 0 Å². The number of hydrogen-bond acceptors (Lipinski definition) is 2. The molecule has 1 aromatic heterocycles. The van der Waals surface area contributed by atoms with E-state index in [1.165, 1.54) is 0 Å². The molecule has 2 aromatic rings. The summed E-state index contributed by atoms with van der Waals surface area (Å²) in [5, 5.41) is 0. The van der Waals surface area contributed by atoms with Crippen LogP contribution in [-0.4, -0.2) is 9.55 Å². The summed E-state index contributed by atoms with van der Waals surface area (Å²) in [7, 11) is 1.96. The van der Waals surface area contributed by atoms with Crippen LogP contribution in [0.4, 0.5) is 0 Å². The van der Waals surface area contributed by atoms with Gasteiger partial charge >= 0.3 is 0 Å². The molecule has 0 aliphatic heterocycles. The molecule has 4 heteroatoms. The summed E-state index contributed by atoms with van der Waals surface area (Å²) in [5.74, 6) is 0.899. The van der Waals surface area contributed by atoms with Gasteiger partial charge in [0.1, 0.15) is 12.4 Å². The Morgan fingerprint density at radius 2 is 2.25 bits per heavy atom. The van der Waals surface area contributed by atoms with E-state index < -0.39 is 0 Å². The molecular formula is C12H13BrN2O. The first-order chi connectivity index (χ1) is 7.66. The second-order valence-corrected chi connectivity index (χ2v) is 4.61. The Morgan fingerprint density at radius 3 is 2.94 bits per heavy atom. The van der Waals surface area contributed by atoms with Gasteiger partial charge in [-0.1, -0.05) is 22.0 Å². The second kappa shape index (κ2) is 4.70. The van der Waals surface area contributed by atoms with Crippen molar-refractivity contribution in [1.29, 1.82) is 0 Å². The van der Waals surface area contributed by atoms with E-state index in [4.69, 9.17) is 4.74 Å². The van der Waals surface area contributed by atoms with Crippen LogP contribution >= 0.6 is 15.9 Å². The van der Waals surface area contributed by atoms with Crippen LogP contribution in [0.3, 0.4) is 0 Å². The van der Waals surface area contributed by atoms with Gasteiger partial charge in [0.15, 0.2) is 0 Å². The predicted octanol–water partition coefficient (Wildman–Crippen LogP) is 3.07. The highest BCUT2D eigenvalue weighted by Gasteiger charge is 2.03. The molecule has 0 saturated carbocycles. The average molecular weight is 281 g/mol. The number of nitrogens with zero attached hydrogens (tertiary/aromatic N) is 2. The third-order valence-electron chi connectivity index (χ3n) is 2.44. The highest BCUT2D eigenvalue weighted by atomic mass is 79.9. The van der Waals surface area contributed by atoms with E-state index in [0.717, 1.165) is 21.5 Å². The molecule has 0 unspecified atom stereocenters. The quantitative estimate of drug-likeness (QED) is 0.864. The van der Waals surface area contributed by atoms with Crippen molar-refractivity contribution in [2.75, 3.05) is 0 Å². The summed E-state index contributed by atoms with van der Waals surface area (Å²) >= 11 is 3.43. The fourth-order valence-corrected chi connectivity index (χ4v) is 1.74. The van der Waals surface area contributed by atoms with Crippen LogP contribution in [-0.2, 0) is 13.7 Å². The lowest BCUT2D eigenvalue weighted by Crippen LogP contribution is -2.01. The summed E-state index contributed by atoms with van der Waals surface area (Å²) in [4.78, 5) is 4.05. The van der Waals surface area contributed by atoms with Crippen LogP contribution in [0, 0.1) is 6.92 Å². The fraction of sp³-hybridized carbons (Fsp3) is 0.250. The van der Waals surface area contributed by atoms with Gasteiger partial charge in [-0.3, -0.25) is 0 Å². The number of aryl methyl sites for hydroxylation is 2. The summed E-state index contributed by atoms with van der Waals surface area (Å²) in [6.07, 6.45) is 3.58. The third kappa shape index (κ3) is 2.44. The molecule has 0 spiro atoms. The van der Waals surface area contributed by atoms with Gasteiger partial charge in [-0.25, -0.2) is 4.98 Å². The molecule has 84 valence electrons. The number of imidazole rings is 1. The van der Waals surface area contributed by atoms with E-state index in [9.17, 15) is 0 Å². The normalized spacial score (nSPS) is 10.4. The molecule has 0 amide bonds. The molecule has 0 saturated heterocycles. The van der Waals surface area contributed by atoms with Crippen molar-refractivity contribution in [3.63, 3.8) is 0 Å². The monoisotopic (exact) mass is 280 g/mol. The Labute approximate surface area is 103 Å². The van der Waals surface area contributed by atoms with Gasteiger partial charge < -0.3 is 9.30 Å². The Bertz CT molecular complexity index is 494. The van der Waals surface area contributed by atoms with Gasteiger partial charge in [0.25, 0.3) is 0 Å². The minimum Gasteiger partial charge on any atom is -0.487 e. The Kier molecular flexibility index (Phi) is 3.29. The molecular weight excluding hydrogens is 268 g/mol. The third-order valence-corrected chi connectivity index (χ3v) is 2.94. The van der Waals surface area contributed by atoms with Crippen molar-refractivity contribution in [3.8, 4) is 5.75 Å². The van der Waals surface area contributed by atoms with E-state index in [-0.39, 0.29) is 0 Å². The van der Waals surface area contributed by atoms with Crippen molar-refractivity contribution in [2.24, 2.45) is 7.05 Å². The molecule has 0 aliphatic carbocycles. The molecule has 2 rings (SSSR count). The molecule has 0 radical (unpaired) electrons. The zero-order valence-electron chi connectivity index (χ0n) is 9.27. The first-order valence-corrected chi connectivity index (χ1v) is 5.80. The van der Waals surface area contributed by atoms with Crippen molar-refractivity contribution in [2.45, 2.75) is 13.5 Å². The van der Waals surface area contributed by atoms with Gasteiger partial charge in [0.2, 0.25) is 0 Å². The molecule has 1 aromatic carbocycles. The van der Waals surface area contributed by atoms with Gasteiger partial charge in [-0.05, 0) is 24.6 Å². The number of benzene rings is 1. The van der Waals surface area contributed by atoms with Crippen molar-refractivity contribution in [3.05, 3.63) is 46.5 Å². The predicted molar refractivity (Wildman–Crippen MR) is 66.4 cm³/mol. The molecule has 1 heterocycles. The molecule has 3 nitrogen and oxygen atoms in total. The Morgan fingerprint density at radius 1 is 1.44 bits per heavy atom. The maximum absolute atomic E-state index is 5.75. The standard InChI is InChI=1S/C12H13BrN2O/c1-9-3-4-10(13)5-12(9)16-7-11-6-14-8-15(11)2/h3-6,8H,7H2,1-2H3. The van der Waals surface area contributed by atoms with E-state index in [1.807, 2.05) is 42.9 Å². The molecule has 16 heavy (non-hydrogen) atoms. The summed E-state index contributed by atoms with van der Waals surface area (Å²) in [6.45, 7) is 2.57. The molecule has 0 N–H and O–H groups in total. The number of ether oxygens (including phenoxy) is 1. The highest BCUT2D eigenvalue weighted by Crippen LogP contribution is 2.23. The van der Waals surface area contributed by atoms with Crippen LogP contribution in [0.25, 0.3) is 0 Å². The van der Waals surface area contributed by atoms with Crippen molar-refractivity contribution in [1.82, 2.24) is 9.55 Å². The number of halogens is 1. The van der Waals surface area contributed by atoms with Crippen molar-refractivity contribution < 1.29 is 4.74 Å². The summed E-state index contributed by atoms with van der Waals surface area (Å²) in [5.41, 5.74) is 2.18. The van der Waals surface area contributed by atoms with Crippen LogP contribution in [0.15, 0.2) is 35.2 Å². The van der Waals surface area contributed by atoms with E-state index in [0.29, 0.717) is 6.61 Å². The molecule has 0 bridgehead atoms. The number of hydrogen-bond donors (Lipinski definition) is 0. The van der Waals surface area contributed by atoms with Crippen LogP contribution in [0.1, 0.15) is 11.3 Å². The first-order valence-electron chi connectivity index (χ1n) is 5.01. The zero-order chi connectivity index (χ0) is 11.5. The van der Waals surface area contributed by atoms with Gasteiger partial charge in [-0.15, -0.1) is 0 Å². The van der Waals surface area contributed by atoms with Gasteiger partial charge in [-0.2, -0.15) is 0 Å². The Balaban J connectivity index is 2.10. The zero-order valence-corrected chi connectivity index (χ0v) is 10.9. The fourth-order valence-electron chi connectivity index (χ4n) is 1.40. The van der Waals surface area contributed by atoms with E-state index in [2.05, 4.69) is 20.9 Å². The molecule has 0 aliphatic rings. The van der Waals surface area contributed by atoms with Crippen LogP contribution in [0.2, 0.25) is 0 Å². The number of rotatable bonds is 3. The highest BCUT2D eigenvalue weighted by molar-refractivity contribution is 9.10. The van der Waals surface area contributed by atoms with Gasteiger partial charge in [0, 0.05) is 11.5 Å². The SMILES string of the molecule is Cc1ccc(Br)cc1OCc1cncn1C. The smallest absolute Gasteiger partial charge is 0.130 e. The maximum Gasteiger partial charge on any atom is 0.130 e. The lowest BCUT2D eigenvalue weighted by atomic mass is 10.2. The average Bonchev–Trinajstić information content (AvgIpc) is 2.66. The summed E-state index contributed by atoms with van der Waals surface area (Å²) < 4.78 is 8.73. The van der Waals surface area contributed by atoms with Gasteiger partial charge in [0.05, 0.1) is 18.2 Å². The molecule has 0 atom stereocenters. The van der Waals surface area contributed by atoms with Crippen LogP contribution < -0.4 is 4.74 Å². The summed E-state index contributed by atoms with van der Waals surface area (Å²) in [6, 6.07) is 6.01. The topological polar surface area (TPSA) is 27.1 Å². The Hall–Kier alpha value is -1.29.